The average Bonchev–Trinajstić information content (AvgIpc) is 2.48. The molecule has 19 heavy (non-hydrogen) atoms. The minimum atomic E-state index is 0.543. The number of hydrogen-bond acceptors (Lipinski definition) is 3. The maximum absolute atomic E-state index is 3.35. The quantitative estimate of drug-likeness (QED) is 0.897. The van der Waals surface area contributed by atoms with Crippen molar-refractivity contribution in [1.82, 2.24) is 10.2 Å². The molecule has 0 amide bonds. The molecular formula is C16H27N3. The summed E-state index contributed by atoms with van der Waals surface area (Å²) in [5.74, 6) is 0.701. The smallest absolute Gasteiger partial charge is 0.0541 e. The standard InChI is InChI=1S/C16H27N3/c1-13-6-5-7-15(8-13)19-11-14(2)10-18(4)12-16(19)9-17-3/h5-8,14,16-17H,9-12H2,1-4H3. The maximum atomic E-state index is 3.35. The van der Waals surface area contributed by atoms with Gasteiger partial charge in [-0.1, -0.05) is 19.1 Å². The zero-order valence-electron chi connectivity index (χ0n) is 12.7. The Hall–Kier alpha value is -1.06. The molecular weight excluding hydrogens is 234 g/mol. The Bertz CT molecular complexity index is 405. The fourth-order valence-electron chi connectivity index (χ4n) is 3.14. The molecule has 2 rings (SSSR count). The van der Waals surface area contributed by atoms with Crippen molar-refractivity contribution in [2.75, 3.05) is 45.2 Å². The third kappa shape index (κ3) is 3.71. The lowest BCUT2D eigenvalue weighted by Crippen LogP contribution is -2.46. The number of rotatable bonds is 3. The zero-order valence-corrected chi connectivity index (χ0v) is 12.7. The van der Waals surface area contributed by atoms with Crippen molar-refractivity contribution < 1.29 is 0 Å². The number of nitrogens with zero attached hydrogens (tertiary/aromatic N) is 2. The number of anilines is 1. The van der Waals surface area contributed by atoms with E-state index in [0.717, 1.165) is 19.6 Å². The molecule has 2 unspecified atom stereocenters. The second-order valence-electron chi connectivity index (χ2n) is 6.03. The minimum Gasteiger partial charge on any atom is -0.366 e. The van der Waals surface area contributed by atoms with E-state index in [4.69, 9.17) is 0 Å². The van der Waals surface area contributed by atoms with E-state index in [1.807, 2.05) is 7.05 Å². The molecule has 0 radical (unpaired) electrons. The maximum Gasteiger partial charge on any atom is 0.0541 e. The largest absolute Gasteiger partial charge is 0.366 e. The van der Waals surface area contributed by atoms with E-state index in [-0.39, 0.29) is 0 Å². The van der Waals surface area contributed by atoms with Gasteiger partial charge in [0.2, 0.25) is 0 Å². The lowest BCUT2D eigenvalue weighted by atomic mass is 10.1. The van der Waals surface area contributed by atoms with E-state index in [1.54, 1.807) is 0 Å². The van der Waals surface area contributed by atoms with Crippen LogP contribution in [0.15, 0.2) is 24.3 Å². The molecule has 106 valence electrons. The molecule has 3 nitrogen and oxygen atoms in total. The molecule has 0 aromatic heterocycles. The van der Waals surface area contributed by atoms with Crippen LogP contribution in [0.5, 0.6) is 0 Å². The van der Waals surface area contributed by atoms with Gasteiger partial charge >= 0.3 is 0 Å². The van der Waals surface area contributed by atoms with E-state index < -0.39 is 0 Å². The van der Waals surface area contributed by atoms with Crippen molar-refractivity contribution in [2.45, 2.75) is 19.9 Å². The summed E-state index contributed by atoms with van der Waals surface area (Å²) in [5, 5.41) is 3.35. The number of aryl methyl sites for hydroxylation is 1. The summed E-state index contributed by atoms with van der Waals surface area (Å²) in [4.78, 5) is 5.04. The van der Waals surface area contributed by atoms with Crippen LogP contribution in [0, 0.1) is 12.8 Å². The van der Waals surface area contributed by atoms with Crippen LogP contribution in [-0.4, -0.2) is 51.2 Å². The van der Waals surface area contributed by atoms with Gasteiger partial charge in [-0.15, -0.1) is 0 Å². The molecule has 1 fully saturated rings. The van der Waals surface area contributed by atoms with Crippen LogP contribution in [0.4, 0.5) is 5.69 Å². The van der Waals surface area contributed by atoms with Crippen LogP contribution in [0.3, 0.4) is 0 Å². The van der Waals surface area contributed by atoms with E-state index >= 15 is 0 Å². The van der Waals surface area contributed by atoms with Gasteiger partial charge in [0.25, 0.3) is 0 Å². The topological polar surface area (TPSA) is 18.5 Å². The number of hydrogen-bond donors (Lipinski definition) is 1. The first-order valence-electron chi connectivity index (χ1n) is 7.26. The van der Waals surface area contributed by atoms with Gasteiger partial charge in [0.05, 0.1) is 6.04 Å². The Labute approximate surface area is 117 Å². The van der Waals surface area contributed by atoms with Crippen LogP contribution < -0.4 is 10.2 Å². The predicted octanol–water partition coefficient (Wildman–Crippen LogP) is 1.97. The van der Waals surface area contributed by atoms with Gasteiger partial charge < -0.3 is 15.1 Å². The van der Waals surface area contributed by atoms with Crippen molar-refractivity contribution in [1.29, 1.82) is 0 Å². The van der Waals surface area contributed by atoms with Gasteiger partial charge in [-0.05, 0) is 44.6 Å². The Morgan fingerprint density at radius 3 is 2.74 bits per heavy atom. The molecule has 0 aliphatic carbocycles. The molecule has 2 atom stereocenters. The van der Waals surface area contributed by atoms with Crippen LogP contribution in [0.25, 0.3) is 0 Å². The Morgan fingerprint density at radius 2 is 2.05 bits per heavy atom. The number of nitrogens with one attached hydrogen (secondary N) is 1. The summed E-state index contributed by atoms with van der Waals surface area (Å²) in [6.07, 6.45) is 0. The molecule has 0 saturated carbocycles. The first-order valence-corrected chi connectivity index (χ1v) is 7.26. The summed E-state index contributed by atoms with van der Waals surface area (Å²) in [6, 6.07) is 9.43. The molecule has 1 N–H and O–H groups in total. The molecule has 0 spiro atoms. The van der Waals surface area contributed by atoms with Crippen molar-refractivity contribution >= 4 is 5.69 Å². The van der Waals surface area contributed by atoms with Gasteiger partial charge in [0, 0.05) is 31.9 Å². The van der Waals surface area contributed by atoms with Crippen molar-refractivity contribution in [3.05, 3.63) is 29.8 Å². The van der Waals surface area contributed by atoms with Crippen LogP contribution in [0.2, 0.25) is 0 Å². The number of benzene rings is 1. The van der Waals surface area contributed by atoms with Crippen LogP contribution in [-0.2, 0) is 0 Å². The monoisotopic (exact) mass is 261 g/mol. The van der Waals surface area contributed by atoms with Crippen molar-refractivity contribution in [2.24, 2.45) is 5.92 Å². The highest BCUT2D eigenvalue weighted by Crippen LogP contribution is 2.23. The average molecular weight is 261 g/mol. The third-order valence-electron chi connectivity index (χ3n) is 3.87. The first-order chi connectivity index (χ1) is 9.10. The highest BCUT2D eigenvalue weighted by Gasteiger charge is 2.26. The molecule has 1 aliphatic heterocycles. The summed E-state index contributed by atoms with van der Waals surface area (Å²) >= 11 is 0. The van der Waals surface area contributed by atoms with Crippen LogP contribution in [0.1, 0.15) is 12.5 Å². The van der Waals surface area contributed by atoms with Gasteiger partial charge in [-0.25, -0.2) is 0 Å². The van der Waals surface area contributed by atoms with Crippen molar-refractivity contribution in [3.63, 3.8) is 0 Å². The van der Waals surface area contributed by atoms with E-state index in [1.165, 1.54) is 17.8 Å². The van der Waals surface area contributed by atoms with Gasteiger partial charge in [0.1, 0.15) is 0 Å². The summed E-state index contributed by atoms with van der Waals surface area (Å²) in [6.45, 7) is 9.00. The lowest BCUT2D eigenvalue weighted by molar-refractivity contribution is 0.302. The molecule has 1 aromatic rings. The summed E-state index contributed by atoms with van der Waals surface area (Å²) in [5.41, 5.74) is 2.70. The molecule has 0 bridgehead atoms. The first kappa shape index (κ1) is 14.4. The van der Waals surface area contributed by atoms with E-state index in [0.29, 0.717) is 12.0 Å². The summed E-state index contributed by atoms with van der Waals surface area (Å²) in [7, 11) is 4.28. The normalized spacial score (nSPS) is 25.4. The fourth-order valence-corrected chi connectivity index (χ4v) is 3.14. The third-order valence-corrected chi connectivity index (χ3v) is 3.87. The molecule has 1 heterocycles. The highest BCUT2D eigenvalue weighted by atomic mass is 15.3. The molecule has 1 aromatic carbocycles. The SMILES string of the molecule is CNCC1CN(C)CC(C)CN1c1cccc(C)c1. The second kappa shape index (κ2) is 6.40. The lowest BCUT2D eigenvalue weighted by Gasteiger charge is -2.33. The Kier molecular flexibility index (Phi) is 4.83. The highest BCUT2D eigenvalue weighted by molar-refractivity contribution is 5.50. The van der Waals surface area contributed by atoms with E-state index in [9.17, 15) is 0 Å². The fraction of sp³-hybridized carbons (Fsp3) is 0.625. The zero-order chi connectivity index (χ0) is 13.8. The Balaban J connectivity index is 2.26. The van der Waals surface area contributed by atoms with Gasteiger partial charge in [-0.3, -0.25) is 0 Å². The van der Waals surface area contributed by atoms with Gasteiger partial charge in [-0.2, -0.15) is 0 Å². The second-order valence-corrected chi connectivity index (χ2v) is 6.03. The molecule has 1 aliphatic rings. The summed E-state index contributed by atoms with van der Waals surface area (Å²) < 4.78 is 0. The van der Waals surface area contributed by atoms with Crippen molar-refractivity contribution in [3.8, 4) is 0 Å². The number of likely N-dealkylation sites (N-methyl/N-ethyl adjacent to an activating group) is 2. The predicted molar refractivity (Wildman–Crippen MR) is 82.9 cm³/mol. The molecule has 1 saturated heterocycles. The molecule has 3 heteroatoms. The van der Waals surface area contributed by atoms with E-state index in [2.05, 4.69) is 60.3 Å². The Morgan fingerprint density at radius 1 is 1.26 bits per heavy atom. The minimum absolute atomic E-state index is 0.543. The van der Waals surface area contributed by atoms with Crippen LogP contribution >= 0.6 is 0 Å². The van der Waals surface area contributed by atoms with Gasteiger partial charge in [0.15, 0.2) is 0 Å².